The molecule has 0 radical (unpaired) electrons. The zero-order valence-corrected chi connectivity index (χ0v) is 20.0. The first-order chi connectivity index (χ1) is 17.3. The van der Waals surface area contributed by atoms with Gasteiger partial charge in [0.25, 0.3) is 0 Å². The monoisotopic (exact) mass is 454 g/mol. The first-order valence-electron chi connectivity index (χ1n) is 13.4. The molecule has 1 aromatic carbocycles. The molecule has 1 fully saturated rings. The Morgan fingerprint density at radius 1 is 0.886 bits per heavy atom. The summed E-state index contributed by atoms with van der Waals surface area (Å²) >= 11 is 0. The molecule has 6 aliphatic carbocycles. The van der Waals surface area contributed by atoms with Crippen molar-refractivity contribution in [2.75, 3.05) is 0 Å². The molecule has 0 amide bonds. The van der Waals surface area contributed by atoms with E-state index in [0.717, 1.165) is 6.42 Å². The summed E-state index contributed by atoms with van der Waals surface area (Å²) in [5.41, 5.74) is 10.7. The summed E-state index contributed by atoms with van der Waals surface area (Å²) < 4.78 is 7.02. The van der Waals surface area contributed by atoms with E-state index in [0.29, 0.717) is 17.8 Å². The van der Waals surface area contributed by atoms with Crippen LogP contribution in [0.3, 0.4) is 0 Å². The van der Waals surface area contributed by atoms with E-state index in [-0.39, 0.29) is 12.2 Å². The highest BCUT2D eigenvalue weighted by Crippen LogP contribution is 2.50. The molecule has 0 spiro atoms. The van der Waals surface area contributed by atoms with Gasteiger partial charge in [-0.1, -0.05) is 85.0 Å². The molecule has 0 saturated carbocycles. The van der Waals surface area contributed by atoms with E-state index >= 15 is 0 Å². The number of rotatable bonds is 1. The van der Waals surface area contributed by atoms with Crippen LogP contribution in [0.2, 0.25) is 0 Å². The van der Waals surface area contributed by atoms with Crippen molar-refractivity contribution in [1.82, 2.24) is 0 Å². The van der Waals surface area contributed by atoms with Gasteiger partial charge in [0.05, 0.1) is 12.2 Å². The number of hydrogen-bond acceptors (Lipinski definition) is 1. The molecule has 0 aromatic heterocycles. The van der Waals surface area contributed by atoms with E-state index < -0.39 is 0 Å². The third-order valence-corrected chi connectivity index (χ3v) is 9.24. The maximum absolute atomic E-state index is 7.02. The molecular formula is C34H30O. The van der Waals surface area contributed by atoms with Crippen LogP contribution in [-0.4, -0.2) is 12.2 Å². The fraction of sp³-hybridized carbons (Fsp3) is 0.294. The SMILES string of the molecule is C1=CC2=c3ccccc3=CC3OC4C(C5=CC=C6C7=C(C=CCC7)CCC6C5)=CC=CC4C(=C1)C23. The summed E-state index contributed by atoms with van der Waals surface area (Å²) in [6.07, 6.45) is 32.2. The van der Waals surface area contributed by atoms with Crippen LogP contribution in [0.4, 0.5) is 0 Å². The van der Waals surface area contributed by atoms with Gasteiger partial charge in [0.2, 0.25) is 0 Å². The molecule has 0 N–H and O–H groups in total. The topological polar surface area (TPSA) is 9.23 Å². The molecule has 5 atom stereocenters. The lowest BCUT2D eigenvalue weighted by atomic mass is 9.66. The quantitative estimate of drug-likeness (QED) is 0.511. The zero-order valence-electron chi connectivity index (χ0n) is 20.0. The summed E-state index contributed by atoms with van der Waals surface area (Å²) in [5.74, 6) is 1.30. The van der Waals surface area contributed by atoms with E-state index in [1.807, 2.05) is 0 Å². The van der Waals surface area contributed by atoms with Crippen LogP contribution in [0.1, 0.15) is 32.1 Å². The molecule has 1 saturated heterocycles. The minimum absolute atomic E-state index is 0.0962. The average molecular weight is 455 g/mol. The summed E-state index contributed by atoms with van der Waals surface area (Å²) in [6, 6.07) is 8.80. The first-order valence-corrected chi connectivity index (χ1v) is 13.4. The summed E-state index contributed by atoms with van der Waals surface area (Å²) in [4.78, 5) is 0. The zero-order chi connectivity index (χ0) is 22.9. The van der Waals surface area contributed by atoms with Crippen LogP contribution in [0, 0.1) is 17.8 Å². The van der Waals surface area contributed by atoms with Gasteiger partial charge in [-0.25, -0.2) is 0 Å². The van der Waals surface area contributed by atoms with Crippen LogP contribution < -0.4 is 10.4 Å². The van der Waals surface area contributed by atoms with Crippen molar-refractivity contribution in [1.29, 1.82) is 0 Å². The molecule has 35 heavy (non-hydrogen) atoms. The second kappa shape index (κ2) is 7.67. The standard InChI is InChI=1S/C34H30O/c1-3-9-25-21(7-1)15-16-23-19-24(17-18-27(23)25)28-11-5-14-31-30-13-6-12-29-26-10-4-2-8-22(26)20-32(33(29)30)35-34(28)31/h1-2,4-8,10-14,17-18,20,23,31-34H,3,9,15-16,19H2. The third-order valence-electron chi connectivity index (χ3n) is 9.24. The molecule has 172 valence electrons. The van der Waals surface area contributed by atoms with Crippen molar-refractivity contribution in [2.24, 2.45) is 17.8 Å². The Morgan fingerprint density at radius 3 is 2.86 bits per heavy atom. The second-order valence-electron chi connectivity index (χ2n) is 11.0. The Labute approximate surface area is 207 Å². The number of benzene rings is 1. The Morgan fingerprint density at radius 2 is 1.86 bits per heavy atom. The van der Waals surface area contributed by atoms with E-state index in [4.69, 9.17) is 4.74 Å². The molecule has 1 aliphatic heterocycles. The summed E-state index contributed by atoms with van der Waals surface area (Å²) in [6.45, 7) is 0. The van der Waals surface area contributed by atoms with Crippen molar-refractivity contribution < 1.29 is 4.74 Å². The molecule has 7 aliphatic rings. The van der Waals surface area contributed by atoms with Gasteiger partial charge in [-0.2, -0.15) is 0 Å². The van der Waals surface area contributed by atoms with E-state index in [1.165, 1.54) is 58.4 Å². The van der Waals surface area contributed by atoms with Gasteiger partial charge in [-0.3, -0.25) is 0 Å². The number of fused-ring (bicyclic) bond motifs is 5. The van der Waals surface area contributed by atoms with E-state index in [1.54, 1.807) is 16.7 Å². The van der Waals surface area contributed by atoms with Crippen LogP contribution in [-0.2, 0) is 4.74 Å². The van der Waals surface area contributed by atoms with Crippen LogP contribution in [0.15, 0.2) is 118 Å². The van der Waals surface area contributed by atoms with E-state index in [2.05, 4.69) is 91.1 Å². The molecular weight excluding hydrogens is 424 g/mol. The minimum Gasteiger partial charge on any atom is -0.364 e. The van der Waals surface area contributed by atoms with Crippen LogP contribution >= 0.6 is 0 Å². The molecule has 8 rings (SSSR count). The lowest BCUT2D eigenvalue weighted by Gasteiger charge is -2.47. The van der Waals surface area contributed by atoms with Gasteiger partial charge < -0.3 is 4.74 Å². The number of hydrogen-bond donors (Lipinski definition) is 0. The van der Waals surface area contributed by atoms with Crippen LogP contribution in [0.25, 0.3) is 11.6 Å². The highest BCUT2D eigenvalue weighted by Gasteiger charge is 2.45. The molecule has 0 bridgehead atoms. The summed E-state index contributed by atoms with van der Waals surface area (Å²) in [7, 11) is 0. The molecule has 1 aromatic rings. The maximum Gasteiger partial charge on any atom is 0.0936 e. The fourth-order valence-electron chi connectivity index (χ4n) is 7.66. The van der Waals surface area contributed by atoms with Crippen molar-refractivity contribution in [3.63, 3.8) is 0 Å². The Kier molecular flexibility index (Phi) is 4.40. The van der Waals surface area contributed by atoms with Gasteiger partial charge in [0.15, 0.2) is 0 Å². The normalized spacial score (nSPS) is 33.7. The maximum atomic E-state index is 7.02. The van der Waals surface area contributed by atoms with Gasteiger partial charge in [-0.05, 0) is 93.5 Å². The van der Waals surface area contributed by atoms with Gasteiger partial charge >= 0.3 is 0 Å². The number of allylic oxidation sites excluding steroid dienone is 12. The number of ether oxygens (including phenoxy) is 1. The Hall–Kier alpha value is -3.16. The molecule has 1 heteroatoms. The second-order valence-corrected chi connectivity index (χ2v) is 11.0. The summed E-state index contributed by atoms with van der Waals surface area (Å²) in [5, 5.41) is 2.67. The van der Waals surface area contributed by atoms with Crippen LogP contribution in [0.5, 0.6) is 0 Å². The lowest BCUT2D eigenvalue weighted by Crippen LogP contribution is -2.49. The van der Waals surface area contributed by atoms with Crippen molar-refractivity contribution in [2.45, 2.75) is 44.3 Å². The molecule has 1 nitrogen and oxygen atoms in total. The highest BCUT2D eigenvalue weighted by molar-refractivity contribution is 5.72. The molecule has 1 heterocycles. The minimum atomic E-state index is 0.0962. The van der Waals surface area contributed by atoms with Gasteiger partial charge in [-0.15, -0.1) is 0 Å². The highest BCUT2D eigenvalue weighted by atomic mass is 16.5. The van der Waals surface area contributed by atoms with Crippen molar-refractivity contribution in [3.8, 4) is 0 Å². The average Bonchev–Trinajstić information content (AvgIpc) is 2.92. The van der Waals surface area contributed by atoms with E-state index in [9.17, 15) is 0 Å². The van der Waals surface area contributed by atoms with Gasteiger partial charge in [0.1, 0.15) is 0 Å². The van der Waals surface area contributed by atoms with Crippen molar-refractivity contribution in [3.05, 3.63) is 129 Å². The predicted molar refractivity (Wildman–Crippen MR) is 143 cm³/mol. The third kappa shape index (κ3) is 2.98. The molecule has 5 unspecified atom stereocenters. The Bertz CT molecular complexity index is 1510. The largest absolute Gasteiger partial charge is 0.364 e. The lowest BCUT2D eigenvalue weighted by molar-refractivity contribution is -0.0139. The van der Waals surface area contributed by atoms with Crippen molar-refractivity contribution >= 4 is 11.6 Å². The van der Waals surface area contributed by atoms with Gasteiger partial charge in [0, 0.05) is 11.8 Å². The predicted octanol–water partition coefficient (Wildman–Crippen LogP) is 5.94. The smallest absolute Gasteiger partial charge is 0.0936 e. The fourth-order valence-corrected chi connectivity index (χ4v) is 7.66. The Balaban J connectivity index is 1.19. The first kappa shape index (κ1) is 20.1.